The predicted molar refractivity (Wildman–Crippen MR) is 75.1 cm³/mol. The molecule has 4 atom stereocenters. The summed E-state index contributed by atoms with van der Waals surface area (Å²) >= 11 is 0. The maximum Gasteiger partial charge on any atom is 0.313 e. The van der Waals surface area contributed by atoms with Crippen molar-refractivity contribution < 1.29 is 29.7 Å². The zero-order valence-electron chi connectivity index (χ0n) is 12.0. The van der Waals surface area contributed by atoms with E-state index in [0.717, 1.165) is 0 Å². The molecule has 126 valence electrons. The summed E-state index contributed by atoms with van der Waals surface area (Å²) in [5.74, 6) is -0.121. The number of aliphatic hydroxyl groups is 4. The standard InChI is InChI=1S/C12H17N5O6/c13-12-14-9-6(10(22)15-12)16(1-2-18)4-17(9)11-8(21)7(20)5(3-19)23-11/h4-5,7-8,11,18-21H,1-3H2,(H2-,13,14,15,22)/p+1/t5-,7-,8-,11-/m1/s1. The van der Waals surface area contributed by atoms with Crippen LogP contribution in [0.15, 0.2) is 11.1 Å². The van der Waals surface area contributed by atoms with Gasteiger partial charge in [-0.2, -0.15) is 0 Å². The number of anilines is 1. The molecule has 0 bridgehead atoms. The normalized spacial score (nSPS) is 27.8. The lowest BCUT2D eigenvalue weighted by molar-refractivity contribution is -0.746. The molecule has 3 rings (SSSR count). The van der Waals surface area contributed by atoms with Gasteiger partial charge in [0.15, 0.2) is 6.33 Å². The predicted octanol–water partition coefficient (Wildman–Crippen LogP) is -3.80. The first-order valence-corrected chi connectivity index (χ1v) is 7.01. The highest BCUT2D eigenvalue weighted by Gasteiger charge is 2.46. The van der Waals surface area contributed by atoms with Crippen LogP contribution in [0.4, 0.5) is 5.95 Å². The lowest BCUT2D eigenvalue weighted by Gasteiger charge is -2.12. The van der Waals surface area contributed by atoms with Crippen LogP contribution in [0.5, 0.6) is 0 Å². The Morgan fingerprint density at radius 3 is 2.74 bits per heavy atom. The molecule has 11 heteroatoms. The largest absolute Gasteiger partial charge is 0.394 e. The molecule has 23 heavy (non-hydrogen) atoms. The maximum absolute atomic E-state index is 12.1. The molecule has 2 aromatic rings. The van der Waals surface area contributed by atoms with Gasteiger partial charge in [-0.1, -0.05) is 4.98 Å². The number of nitrogen functional groups attached to an aromatic ring is 1. The van der Waals surface area contributed by atoms with Crippen molar-refractivity contribution >= 4 is 17.1 Å². The molecule has 3 heterocycles. The molecule has 0 spiro atoms. The van der Waals surface area contributed by atoms with Crippen LogP contribution in [0.3, 0.4) is 0 Å². The minimum absolute atomic E-state index is 0.118. The molecule has 1 aliphatic heterocycles. The van der Waals surface area contributed by atoms with E-state index in [2.05, 4.69) is 9.97 Å². The SMILES string of the molecule is Nc1nc2c(c(=O)[nH]1)n(CCO)c[n+]2[C@@H]1O[C@H](CO)[C@@H](O)[C@H]1O. The molecule has 0 unspecified atom stereocenters. The van der Waals surface area contributed by atoms with Gasteiger partial charge in [-0.15, -0.1) is 0 Å². The Hall–Kier alpha value is -2.05. The third kappa shape index (κ3) is 2.48. The van der Waals surface area contributed by atoms with Crippen molar-refractivity contribution in [1.29, 1.82) is 0 Å². The van der Waals surface area contributed by atoms with Crippen LogP contribution in [-0.4, -0.2) is 66.5 Å². The van der Waals surface area contributed by atoms with Crippen molar-refractivity contribution in [2.24, 2.45) is 0 Å². The summed E-state index contributed by atoms with van der Waals surface area (Å²) in [6.07, 6.45) is -3.19. The van der Waals surface area contributed by atoms with Crippen molar-refractivity contribution in [3.8, 4) is 0 Å². The van der Waals surface area contributed by atoms with E-state index in [9.17, 15) is 20.1 Å². The van der Waals surface area contributed by atoms with E-state index < -0.39 is 36.7 Å². The van der Waals surface area contributed by atoms with Crippen molar-refractivity contribution in [3.63, 3.8) is 0 Å². The number of rotatable bonds is 4. The Labute approximate surface area is 129 Å². The number of H-pyrrole nitrogens is 1. The van der Waals surface area contributed by atoms with Crippen LogP contribution in [-0.2, 0) is 11.3 Å². The van der Waals surface area contributed by atoms with E-state index in [1.165, 1.54) is 15.5 Å². The van der Waals surface area contributed by atoms with Crippen LogP contribution in [0.1, 0.15) is 6.23 Å². The summed E-state index contributed by atoms with van der Waals surface area (Å²) in [6, 6.07) is 0. The van der Waals surface area contributed by atoms with Gasteiger partial charge in [0, 0.05) is 0 Å². The Morgan fingerprint density at radius 1 is 1.39 bits per heavy atom. The Balaban J connectivity index is 2.16. The van der Waals surface area contributed by atoms with E-state index in [4.69, 9.17) is 15.6 Å². The monoisotopic (exact) mass is 328 g/mol. The topological polar surface area (TPSA) is 171 Å². The average molecular weight is 328 g/mol. The molecule has 1 saturated heterocycles. The summed E-state index contributed by atoms with van der Waals surface area (Å²) in [6.45, 7) is -0.572. The number of nitrogens with zero attached hydrogens (tertiary/aromatic N) is 3. The molecule has 0 radical (unpaired) electrons. The maximum atomic E-state index is 12.1. The van der Waals surface area contributed by atoms with Gasteiger partial charge in [0.05, 0.1) is 19.8 Å². The van der Waals surface area contributed by atoms with Crippen molar-refractivity contribution in [3.05, 3.63) is 16.7 Å². The lowest BCUT2D eigenvalue weighted by Crippen LogP contribution is -2.46. The number of nitrogens with two attached hydrogens (primary N) is 1. The Morgan fingerprint density at radius 2 is 2.13 bits per heavy atom. The van der Waals surface area contributed by atoms with Gasteiger partial charge in [-0.3, -0.25) is 14.3 Å². The fourth-order valence-corrected chi connectivity index (χ4v) is 2.75. The number of nitrogens with one attached hydrogen (secondary N) is 1. The van der Waals surface area contributed by atoms with Gasteiger partial charge in [0.1, 0.15) is 18.3 Å². The second-order valence-electron chi connectivity index (χ2n) is 5.29. The first-order chi connectivity index (χ1) is 11.0. The van der Waals surface area contributed by atoms with Gasteiger partial charge < -0.3 is 30.9 Å². The van der Waals surface area contributed by atoms with E-state index in [1.807, 2.05) is 0 Å². The Kier molecular flexibility index (Phi) is 4.04. The van der Waals surface area contributed by atoms with E-state index in [0.29, 0.717) is 0 Å². The van der Waals surface area contributed by atoms with Crippen LogP contribution >= 0.6 is 0 Å². The quantitative estimate of drug-likeness (QED) is 0.310. The number of aromatic nitrogens is 4. The highest BCUT2D eigenvalue weighted by molar-refractivity contribution is 5.67. The van der Waals surface area contributed by atoms with E-state index in [1.54, 1.807) is 0 Å². The molecular formula is C12H18N5O6+. The minimum atomic E-state index is -1.33. The number of aliphatic hydroxyl groups excluding tert-OH is 4. The lowest BCUT2D eigenvalue weighted by atomic mass is 10.1. The Bertz CT molecular complexity index is 773. The second kappa shape index (κ2) is 5.86. The summed E-state index contributed by atoms with van der Waals surface area (Å²) in [5, 5.41) is 38.3. The first kappa shape index (κ1) is 15.8. The van der Waals surface area contributed by atoms with Crippen LogP contribution in [0, 0.1) is 0 Å². The van der Waals surface area contributed by atoms with E-state index in [-0.39, 0.29) is 30.3 Å². The van der Waals surface area contributed by atoms with E-state index >= 15 is 0 Å². The number of hydrogen-bond donors (Lipinski definition) is 6. The molecule has 7 N–H and O–H groups in total. The highest BCUT2D eigenvalue weighted by Crippen LogP contribution is 2.26. The van der Waals surface area contributed by atoms with Gasteiger partial charge >= 0.3 is 5.65 Å². The van der Waals surface area contributed by atoms with Crippen LogP contribution < -0.4 is 15.9 Å². The number of ether oxygens (including phenoxy) is 1. The third-order valence-electron chi connectivity index (χ3n) is 3.82. The fourth-order valence-electron chi connectivity index (χ4n) is 2.75. The summed E-state index contributed by atoms with van der Waals surface area (Å²) in [5.41, 5.74) is 5.33. The number of imidazole rings is 1. The first-order valence-electron chi connectivity index (χ1n) is 7.01. The summed E-state index contributed by atoms with van der Waals surface area (Å²) < 4.78 is 8.23. The molecule has 1 fully saturated rings. The third-order valence-corrected chi connectivity index (χ3v) is 3.82. The van der Waals surface area contributed by atoms with Gasteiger partial charge in [-0.25, -0.2) is 4.57 Å². The molecule has 0 saturated carbocycles. The van der Waals surface area contributed by atoms with Crippen molar-refractivity contribution in [1.82, 2.24) is 14.5 Å². The molecular weight excluding hydrogens is 310 g/mol. The second-order valence-corrected chi connectivity index (χ2v) is 5.29. The smallest absolute Gasteiger partial charge is 0.313 e. The fraction of sp³-hybridized carbons (Fsp3) is 0.583. The van der Waals surface area contributed by atoms with Crippen molar-refractivity contribution in [2.75, 3.05) is 18.9 Å². The summed E-state index contributed by atoms with van der Waals surface area (Å²) in [7, 11) is 0. The van der Waals surface area contributed by atoms with Crippen LogP contribution in [0.25, 0.3) is 11.2 Å². The molecule has 0 aliphatic carbocycles. The average Bonchev–Trinajstić information content (AvgIpc) is 2.99. The van der Waals surface area contributed by atoms with Gasteiger partial charge in [0.25, 0.3) is 11.5 Å². The van der Waals surface area contributed by atoms with Gasteiger partial charge in [0.2, 0.25) is 11.7 Å². The molecule has 1 aliphatic rings. The minimum Gasteiger partial charge on any atom is -0.394 e. The molecule has 0 aromatic carbocycles. The zero-order valence-corrected chi connectivity index (χ0v) is 12.0. The highest BCUT2D eigenvalue weighted by atomic mass is 16.6. The molecule has 0 amide bonds. The number of fused-ring (bicyclic) bond motifs is 1. The zero-order chi connectivity index (χ0) is 16.7. The summed E-state index contributed by atoms with van der Waals surface area (Å²) in [4.78, 5) is 18.5. The number of hydrogen-bond acceptors (Lipinski definition) is 8. The molecule has 2 aromatic heterocycles. The van der Waals surface area contributed by atoms with Crippen molar-refractivity contribution in [2.45, 2.75) is 31.1 Å². The van der Waals surface area contributed by atoms with Crippen LogP contribution in [0.2, 0.25) is 0 Å². The number of aromatic amines is 1. The molecule has 11 nitrogen and oxygen atoms in total. The van der Waals surface area contributed by atoms with Gasteiger partial charge in [-0.05, 0) is 0 Å².